The molecule has 0 saturated carbocycles. The Bertz CT molecular complexity index is 3900. The second kappa shape index (κ2) is 52.5. The first kappa shape index (κ1) is 109. The molecule has 3 aromatic rings. The van der Waals surface area contributed by atoms with Gasteiger partial charge < -0.3 is 159 Å². The van der Waals surface area contributed by atoms with Crippen molar-refractivity contribution in [3.8, 4) is 0 Å². The molecule has 5 N–H and O–H groups in total. The molecule has 4 amide bonds. The van der Waals surface area contributed by atoms with Crippen LogP contribution in [0.4, 0.5) is 0 Å². The normalized spacial score (nSPS) is 27.9. The van der Waals surface area contributed by atoms with E-state index in [1.165, 1.54) is 13.8 Å². The van der Waals surface area contributed by atoms with Crippen molar-refractivity contribution >= 4 is 30.7 Å². The maximum Gasteiger partial charge on any atom is 0.457 e. The Labute approximate surface area is 796 Å². The zero-order valence-corrected chi connectivity index (χ0v) is 81.7. The number of aliphatic hydroxyl groups excluding tert-OH is 1. The van der Waals surface area contributed by atoms with Crippen LogP contribution in [0.3, 0.4) is 0 Å². The molecule has 9 aliphatic heterocycles. The van der Waals surface area contributed by atoms with Crippen LogP contribution in [0.5, 0.6) is 0 Å². The first-order valence-corrected chi connectivity index (χ1v) is 48.0. The Morgan fingerprint density at radius 3 is 1.21 bits per heavy atom. The van der Waals surface area contributed by atoms with Gasteiger partial charge in [0.1, 0.15) is 82.0 Å². The Hall–Kier alpha value is -5.80. The van der Waals surface area contributed by atoms with Crippen LogP contribution in [-0.2, 0) is 191 Å². The molecule has 9 saturated heterocycles. The van der Waals surface area contributed by atoms with Crippen LogP contribution in [-0.4, -0.2) is 397 Å². The largest absolute Gasteiger partial charge is 0.457 e. The van der Waals surface area contributed by atoms with Crippen molar-refractivity contribution < 1.29 is 157 Å². The third-order valence-electron chi connectivity index (χ3n) is 24.6. The standard InChI is InChI=1S/C89H150BN13O33/c1-63(104)92-72-74-77(131-84(9,10)128-74)88(61-124-79(72)133-88)59-119-46-43-116-40-37-113-34-31-110-28-25-102-50-66(96-99-102)53-122-57-87(94-70(107)21-17-15-19-23-91-69(106)20-16-14-18-22-90-135-81(3,4)82(5,6)136-90,56-121-52-65-49-101(98-95-65)24-27-109-30-33-112-36-39-115-42-45-118-55-86(13)76-68(48-71(108)127-86)126-83(7,8)130-76)58-123-54-67-51-103(100-97-67)26-29-111-32-35-114-38-41-117-44-47-120-60-89-62-125-80(134-89)73(93-64(2)105)75-78(89)132-85(11,12)129-75/h49-51,68,71-80,108H,14-48,52-62H2,1-13H3,(H,91,106)(H,92,104)(H,93,105)(H,94,107). The molecule has 14 unspecified atom stereocenters. The number of nitrogens with zero attached hydrogens (tertiary/aromatic N) is 9. The minimum Gasteiger partial charge on any atom is -0.403 e. The van der Waals surface area contributed by atoms with E-state index in [0.29, 0.717) is 214 Å². The first-order chi connectivity index (χ1) is 65.2. The van der Waals surface area contributed by atoms with E-state index in [9.17, 15) is 24.3 Å². The number of rotatable bonds is 69. The average molecular weight is 1940 g/mol. The summed E-state index contributed by atoms with van der Waals surface area (Å²) in [6.45, 7) is 33.3. The van der Waals surface area contributed by atoms with Crippen molar-refractivity contribution in [3.05, 3.63) is 35.7 Å². The lowest BCUT2D eigenvalue weighted by molar-refractivity contribution is -0.269. The maximum atomic E-state index is 14.4. The lowest BCUT2D eigenvalue weighted by Crippen LogP contribution is -2.65. The van der Waals surface area contributed by atoms with Crippen molar-refractivity contribution in [1.82, 2.24) is 66.2 Å². The number of aliphatic hydroxyl groups is 1. The number of carbonyl (C=O) groups excluding carboxylic acids is 4. The summed E-state index contributed by atoms with van der Waals surface area (Å²) in [6.07, 6.45) is 6.36. The van der Waals surface area contributed by atoms with Crippen LogP contribution in [0.2, 0.25) is 6.32 Å². The Balaban J connectivity index is 0.574. The number of unbranched alkanes of at least 4 members (excludes halogenated alkanes) is 4. The number of nitrogens with one attached hydrogen (secondary N) is 4. The van der Waals surface area contributed by atoms with Crippen LogP contribution in [0.25, 0.3) is 0 Å². The van der Waals surface area contributed by atoms with E-state index in [1.54, 1.807) is 32.6 Å². The lowest BCUT2D eigenvalue weighted by atomic mass is 9.82. The van der Waals surface area contributed by atoms with Crippen LogP contribution < -0.4 is 21.3 Å². The highest BCUT2D eigenvalue weighted by atomic mass is 16.8. The van der Waals surface area contributed by atoms with E-state index in [0.717, 1.165) is 25.6 Å². The highest BCUT2D eigenvalue weighted by Crippen LogP contribution is 2.49. The highest BCUT2D eigenvalue weighted by Gasteiger charge is 2.68. The lowest BCUT2D eigenvalue weighted by Gasteiger charge is -2.42. The molecule has 47 heteroatoms. The molecule has 4 bridgehead atoms. The van der Waals surface area contributed by atoms with Crippen LogP contribution in [0, 0.1) is 0 Å². The molecular weight excluding hydrogens is 1790 g/mol. The third-order valence-corrected chi connectivity index (χ3v) is 24.6. The number of ether oxygens (including phenoxy) is 26. The molecule has 46 nitrogen and oxygen atoms in total. The fourth-order valence-electron chi connectivity index (χ4n) is 17.4. The van der Waals surface area contributed by atoms with Crippen molar-refractivity contribution in [2.45, 2.75) is 312 Å². The van der Waals surface area contributed by atoms with Gasteiger partial charge in [-0.15, -0.1) is 15.3 Å². The van der Waals surface area contributed by atoms with Crippen molar-refractivity contribution in [3.63, 3.8) is 0 Å². The molecule has 9 fully saturated rings. The summed E-state index contributed by atoms with van der Waals surface area (Å²) in [5.74, 6) is -3.25. The van der Waals surface area contributed by atoms with Crippen LogP contribution >= 0.6 is 0 Å². The van der Waals surface area contributed by atoms with E-state index >= 15 is 0 Å². The van der Waals surface area contributed by atoms with E-state index in [-0.39, 0.29) is 133 Å². The number of hydrogen-bond acceptors (Lipinski definition) is 39. The molecule has 12 heterocycles. The molecule has 136 heavy (non-hydrogen) atoms. The quantitative estimate of drug-likeness (QED) is 0.0399. The van der Waals surface area contributed by atoms with E-state index in [1.807, 2.05) is 76.2 Å². The van der Waals surface area contributed by atoms with Gasteiger partial charge in [0.25, 0.3) is 0 Å². The van der Waals surface area contributed by atoms with Crippen LogP contribution in [0.1, 0.15) is 165 Å². The van der Waals surface area contributed by atoms with Gasteiger partial charge in [-0.2, -0.15) is 0 Å². The number of fused-ring (bicyclic) bond motifs is 9. The Kier molecular flexibility index (Phi) is 42.0. The van der Waals surface area contributed by atoms with Gasteiger partial charge in [0.15, 0.2) is 36.2 Å². The van der Waals surface area contributed by atoms with E-state index in [2.05, 4.69) is 52.2 Å². The molecule has 9 aliphatic rings. The third kappa shape index (κ3) is 33.4. The van der Waals surface area contributed by atoms with Gasteiger partial charge in [-0.05, 0) is 102 Å². The first-order valence-electron chi connectivity index (χ1n) is 48.0. The summed E-state index contributed by atoms with van der Waals surface area (Å²) in [5.41, 5.74) is -3.17. The number of carbonyl (C=O) groups is 4. The highest BCUT2D eigenvalue weighted by molar-refractivity contribution is 6.45. The summed E-state index contributed by atoms with van der Waals surface area (Å²) in [4.78, 5) is 51.3. The predicted octanol–water partition coefficient (Wildman–Crippen LogP) is 2.11. The smallest absolute Gasteiger partial charge is 0.403 e. The number of aromatic nitrogens is 9. The zero-order valence-electron chi connectivity index (χ0n) is 81.7. The fraction of sp³-hybridized carbons (Fsp3) is 0.888. The van der Waals surface area contributed by atoms with Gasteiger partial charge >= 0.3 is 7.12 Å². The summed E-state index contributed by atoms with van der Waals surface area (Å²) in [5, 5.41) is 48.5. The summed E-state index contributed by atoms with van der Waals surface area (Å²) in [7, 11) is -0.257. The van der Waals surface area contributed by atoms with Crippen LogP contribution in [0.15, 0.2) is 18.6 Å². The fourth-order valence-corrected chi connectivity index (χ4v) is 17.4. The molecule has 0 aliphatic carbocycles. The minimum absolute atomic E-state index is 0.00948. The van der Waals surface area contributed by atoms with Crippen molar-refractivity contribution in [2.75, 3.05) is 198 Å². The topological polar surface area (TPSA) is 487 Å². The number of amides is 4. The second-order valence-electron chi connectivity index (χ2n) is 38.3. The average Bonchev–Trinajstić information content (AvgIpc) is 1.56. The van der Waals surface area contributed by atoms with Crippen molar-refractivity contribution in [1.29, 1.82) is 0 Å². The Morgan fingerprint density at radius 2 is 0.794 bits per heavy atom. The zero-order chi connectivity index (χ0) is 96.7. The maximum absolute atomic E-state index is 14.4. The Morgan fingerprint density at radius 1 is 0.426 bits per heavy atom. The number of hydrogen-bond donors (Lipinski definition) is 5. The molecule has 0 spiro atoms. The van der Waals surface area contributed by atoms with E-state index in [4.69, 9.17) is 132 Å². The van der Waals surface area contributed by atoms with E-state index < -0.39 is 95.1 Å². The molecule has 3 aromatic heterocycles. The SMILES string of the molecule is CC(=O)NC1C2OCC(COCCOCCOCCOCCn3cc(COCC(COCc4cn(CCOCCOCCOCCOCC5(C)OC(O)CC6OC(C)(C)OC65)nn4)(COCc4cn(CCOCCOCCOCCOCC56COC(O5)C(NC(C)=O)C5OC(C)(C)OC56)nn4)NC(=O)CCCCCNC(=O)CCCCCB4OC(C)(C)C(C)(C)O4)nn3)(O2)C2OC(C)(C)OC12. The summed E-state index contributed by atoms with van der Waals surface area (Å²) in [6, 6.07) is -1.04. The predicted molar refractivity (Wildman–Crippen MR) is 474 cm³/mol. The minimum atomic E-state index is -1.29. The molecule has 0 aromatic carbocycles. The molecule has 12 rings (SSSR count). The van der Waals surface area contributed by atoms with Gasteiger partial charge in [0.05, 0.1) is 267 Å². The van der Waals surface area contributed by atoms with Gasteiger partial charge in [-0.3, -0.25) is 19.2 Å². The van der Waals surface area contributed by atoms with Gasteiger partial charge in [-0.25, -0.2) is 14.0 Å². The molecule has 772 valence electrons. The summed E-state index contributed by atoms with van der Waals surface area (Å²) >= 11 is 0. The second-order valence-corrected chi connectivity index (χ2v) is 38.3. The molecule has 14 atom stereocenters. The van der Waals surface area contributed by atoms with Gasteiger partial charge in [0.2, 0.25) is 23.6 Å². The molecular formula is C89H150BN13O33. The van der Waals surface area contributed by atoms with Crippen molar-refractivity contribution in [2.24, 2.45) is 0 Å². The monoisotopic (exact) mass is 1940 g/mol. The van der Waals surface area contributed by atoms with Gasteiger partial charge in [-0.1, -0.05) is 34.9 Å². The van der Waals surface area contributed by atoms with Gasteiger partial charge in [0, 0.05) is 39.7 Å². The molecule has 0 radical (unpaired) electrons. The summed E-state index contributed by atoms with van der Waals surface area (Å²) < 4.78 is 174.